The Kier molecular flexibility index (Phi) is 4.48. The molecule has 2 aliphatic rings. The minimum Gasteiger partial charge on any atom is -0.486 e. The summed E-state index contributed by atoms with van der Waals surface area (Å²) < 4.78 is 11.1. The zero-order valence-electron chi connectivity index (χ0n) is 14.6. The molecule has 4 rings (SSSR count). The predicted molar refractivity (Wildman–Crippen MR) is 96.2 cm³/mol. The summed E-state index contributed by atoms with van der Waals surface area (Å²) in [5.41, 5.74) is 2.44. The van der Waals surface area contributed by atoms with E-state index in [-0.39, 0.29) is 12.0 Å². The van der Waals surface area contributed by atoms with Gasteiger partial charge in [-0.2, -0.15) is 0 Å². The van der Waals surface area contributed by atoms with Gasteiger partial charge in [-0.05, 0) is 23.3 Å². The van der Waals surface area contributed by atoms with Gasteiger partial charge in [0.2, 0.25) is 0 Å². The summed E-state index contributed by atoms with van der Waals surface area (Å²) in [4.78, 5) is 19.8. The van der Waals surface area contributed by atoms with Crippen LogP contribution in [0.5, 0.6) is 11.5 Å². The molecule has 134 valence electrons. The van der Waals surface area contributed by atoms with Crippen LogP contribution in [0.2, 0.25) is 0 Å². The van der Waals surface area contributed by atoms with Crippen molar-refractivity contribution in [2.24, 2.45) is 5.16 Å². The van der Waals surface area contributed by atoms with E-state index in [1.54, 1.807) is 11.9 Å². The molecule has 0 spiro atoms. The number of ether oxygens (including phenoxy) is 2. The summed E-state index contributed by atoms with van der Waals surface area (Å²) in [6.45, 7) is 1.57. The van der Waals surface area contributed by atoms with Crippen molar-refractivity contribution in [3.63, 3.8) is 0 Å². The van der Waals surface area contributed by atoms with Crippen molar-refractivity contribution in [1.82, 2.24) is 4.90 Å². The number of nitrogens with zero attached hydrogens (tertiary/aromatic N) is 2. The van der Waals surface area contributed by atoms with Crippen LogP contribution < -0.4 is 9.47 Å². The van der Waals surface area contributed by atoms with Crippen molar-refractivity contribution in [3.8, 4) is 11.5 Å². The van der Waals surface area contributed by atoms with Crippen molar-refractivity contribution < 1.29 is 19.1 Å². The number of carbonyl (C=O) groups excluding carboxylic acids is 1. The molecule has 0 bridgehead atoms. The van der Waals surface area contributed by atoms with Crippen molar-refractivity contribution in [2.45, 2.75) is 19.1 Å². The molecular formula is C20H20N2O4. The van der Waals surface area contributed by atoms with Gasteiger partial charge in [0, 0.05) is 20.0 Å². The topological polar surface area (TPSA) is 60.4 Å². The minimum absolute atomic E-state index is 0.127. The molecule has 0 saturated heterocycles. The lowest BCUT2D eigenvalue weighted by atomic mass is 10.0. The second-order valence-electron chi connectivity index (χ2n) is 6.39. The molecule has 2 aromatic carbocycles. The zero-order valence-corrected chi connectivity index (χ0v) is 14.6. The van der Waals surface area contributed by atoms with Crippen LogP contribution in [0, 0.1) is 0 Å². The number of oxime groups is 1. The third-order valence-electron chi connectivity index (χ3n) is 4.46. The molecule has 2 heterocycles. The first-order valence-corrected chi connectivity index (χ1v) is 8.62. The number of hydrogen-bond donors (Lipinski definition) is 0. The van der Waals surface area contributed by atoms with Gasteiger partial charge in [0.05, 0.1) is 0 Å². The van der Waals surface area contributed by atoms with Crippen molar-refractivity contribution in [2.75, 3.05) is 20.3 Å². The van der Waals surface area contributed by atoms with E-state index in [0.717, 1.165) is 22.6 Å². The lowest BCUT2D eigenvalue weighted by Gasteiger charge is -2.21. The lowest BCUT2D eigenvalue weighted by Crippen LogP contribution is -2.32. The van der Waals surface area contributed by atoms with Crippen LogP contribution in [0.1, 0.15) is 23.7 Å². The highest BCUT2D eigenvalue weighted by atomic mass is 16.6. The average molecular weight is 352 g/mol. The number of benzene rings is 2. The fraction of sp³-hybridized carbons (Fsp3) is 0.300. The Balaban J connectivity index is 1.39. The highest BCUT2D eigenvalue weighted by molar-refractivity contribution is 6.38. The Bertz CT molecular complexity index is 835. The van der Waals surface area contributed by atoms with E-state index in [0.29, 0.717) is 31.9 Å². The van der Waals surface area contributed by atoms with Crippen LogP contribution >= 0.6 is 0 Å². The molecule has 0 fully saturated rings. The monoisotopic (exact) mass is 352 g/mol. The summed E-state index contributed by atoms with van der Waals surface area (Å²) in [7, 11) is 1.76. The van der Waals surface area contributed by atoms with Crippen LogP contribution in [-0.4, -0.2) is 36.8 Å². The van der Waals surface area contributed by atoms with Gasteiger partial charge in [0.15, 0.2) is 17.6 Å². The largest absolute Gasteiger partial charge is 0.486 e. The first kappa shape index (κ1) is 16.4. The summed E-state index contributed by atoms with van der Waals surface area (Å²) in [5, 5.41) is 4.01. The van der Waals surface area contributed by atoms with E-state index in [1.807, 2.05) is 48.5 Å². The maximum Gasteiger partial charge on any atom is 0.271 e. The Morgan fingerprint density at radius 2 is 1.88 bits per heavy atom. The summed E-state index contributed by atoms with van der Waals surface area (Å²) in [5.74, 6) is 1.34. The second-order valence-corrected chi connectivity index (χ2v) is 6.39. The summed E-state index contributed by atoms with van der Waals surface area (Å²) in [6, 6.07) is 15.5. The number of rotatable bonds is 4. The van der Waals surface area contributed by atoms with Crippen LogP contribution in [0.25, 0.3) is 0 Å². The van der Waals surface area contributed by atoms with E-state index < -0.39 is 0 Å². The van der Waals surface area contributed by atoms with Crippen molar-refractivity contribution in [3.05, 3.63) is 59.7 Å². The average Bonchev–Trinajstić information content (AvgIpc) is 3.18. The van der Waals surface area contributed by atoms with Crippen molar-refractivity contribution in [1.29, 1.82) is 0 Å². The van der Waals surface area contributed by atoms with Gasteiger partial charge in [0.25, 0.3) is 5.91 Å². The molecule has 2 aromatic rings. The smallest absolute Gasteiger partial charge is 0.271 e. The van der Waals surface area contributed by atoms with Gasteiger partial charge in [-0.3, -0.25) is 4.79 Å². The molecule has 1 amide bonds. The Morgan fingerprint density at radius 1 is 1.12 bits per heavy atom. The molecule has 2 aliphatic heterocycles. The maximum atomic E-state index is 12.7. The van der Waals surface area contributed by atoms with Gasteiger partial charge >= 0.3 is 0 Å². The molecule has 0 aliphatic carbocycles. The van der Waals surface area contributed by atoms with Crippen LogP contribution in [0.4, 0.5) is 0 Å². The molecular weight excluding hydrogens is 332 g/mol. The number of hydrogen-bond acceptors (Lipinski definition) is 5. The minimum atomic E-state index is -0.196. The van der Waals surface area contributed by atoms with Crippen LogP contribution in [0.3, 0.4) is 0 Å². The number of amides is 1. The standard InChI is InChI=1S/C20H20N2O4/c1-22(13-14-7-8-17-19(11-14)25-10-9-24-17)20(23)16-12-18(26-21-16)15-5-3-2-4-6-15/h2-8,11,18H,9-10,12-13H2,1H3/t18-/m0/s1. The van der Waals surface area contributed by atoms with E-state index >= 15 is 0 Å². The van der Waals surface area contributed by atoms with E-state index in [2.05, 4.69) is 5.16 Å². The van der Waals surface area contributed by atoms with Gasteiger partial charge < -0.3 is 19.2 Å². The van der Waals surface area contributed by atoms with E-state index in [9.17, 15) is 4.79 Å². The highest BCUT2D eigenvalue weighted by Crippen LogP contribution is 2.31. The molecule has 0 radical (unpaired) electrons. The molecule has 0 aromatic heterocycles. The van der Waals surface area contributed by atoms with Crippen LogP contribution in [-0.2, 0) is 16.2 Å². The lowest BCUT2D eigenvalue weighted by molar-refractivity contribution is -0.123. The molecule has 26 heavy (non-hydrogen) atoms. The SMILES string of the molecule is CN(Cc1ccc2c(c1)OCCO2)C(=O)C1=NO[C@H](c2ccccc2)C1. The molecule has 6 heteroatoms. The summed E-state index contributed by atoms with van der Waals surface area (Å²) >= 11 is 0. The first-order chi connectivity index (χ1) is 12.7. The molecule has 0 N–H and O–H groups in total. The molecule has 1 atom stereocenters. The van der Waals surface area contributed by atoms with Crippen LogP contribution in [0.15, 0.2) is 53.7 Å². The van der Waals surface area contributed by atoms with E-state index in [1.165, 1.54) is 0 Å². The first-order valence-electron chi connectivity index (χ1n) is 8.62. The highest BCUT2D eigenvalue weighted by Gasteiger charge is 2.29. The molecule has 6 nitrogen and oxygen atoms in total. The second kappa shape index (κ2) is 7.07. The zero-order chi connectivity index (χ0) is 17.9. The molecule has 0 unspecified atom stereocenters. The number of carbonyl (C=O) groups is 1. The third-order valence-corrected chi connectivity index (χ3v) is 4.46. The summed E-state index contributed by atoms with van der Waals surface area (Å²) in [6.07, 6.45) is 0.284. The number of fused-ring (bicyclic) bond motifs is 1. The van der Waals surface area contributed by atoms with Crippen molar-refractivity contribution >= 4 is 11.6 Å². The quantitative estimate of drug-likeness (QED) is 0.849. The third kappa shape index (κ3) is 3.35. The Labute approximate surface area is 152 Å². The molecule has 0 saturated carbocycles. The van der Waals surface area contributed by atoms with Gasteiger partial charge in [-0.25, -0.2) is 0 Å². The maximum absolute atomic E-state index is 12.7. The Hall–Kier alpha value is -3.02. The predicted octanol–water partition coefficient (Wildman–Crippen LogP) is 2.93. The Morgan fingerprint density at radius 3 is 2.69 bits per heavy atom. The van der Waals surface area contributed by atoms with Gasteiger partial charge in [-0.15, -0.1) is 0 Å². The van der Waals surface area contributed by atoms with E-state index in [4.69, 9.17) is 14.3 Å². The fourth-order valence-corrected chi connectivity index (χ4v) is 3.10. The van der Waals surface area contributed by atoms with Gasteiger partial charge in [-0.1, -0.05) is 41.6 Å². The normalized spacial score (nSPS) is 18.0. The van der Waals surface area contributed by atoms with Gasteiger partial charge in [0.1, 0.15) is 18.9 Å². The fourth-order valence-electron chi connectivity index (χ4n) is 3.10.